The van der Waals surface area contributed by atoms with Crippen molar-refractivity contribution >= 4 is 22.1 Å². The summed E-state index contributed by atoms with van der Waals surface area (Å²) in [6.45, 7) is 2.62. The molecule has 3 heteroatoms. The first kappa shape index (κ1) is 6.47. The van der Waals surface area contributed by atoms with E-state index in [1.54, 1.807) is 0 Å². The van der Waals surface area contributed by atoms with Crippen molar-refractivity contribution < 1.29 is 4.43 Å². The van der Waals surface area contributed by atoms with Crippen LogP contribution in [-0.2, 0) is 4.43 Å². The van der Waals surface area contributed by atoms with Gasteiger partial charge in [-0.3, -0.25) is 0 Å². The maximum Gasteiger partial charge on any atom is 0.146 e. The molecule has 38 valence electrons. The van der Waals surface area contributed by atoms with E-state index in [0.29, 0.717) is 6.61 Å². The van der Waals surface area contributed by atoms with E-state index in [0.717, 1.165) is 10.5 Å². The van der Waals surface area contributed by atoms with Gasteiger partial charge >= 0.3 is 0 Å². The number of alkyl halides is 1. The number of hydrogen-bond donors (Lipinski definition) is 0. The predicted octanol–water partition coefficient (Wildman–Crippen LogP) is -0.0893. The molecule has 0 aromatic heterocycles. The summed E-state index contributed by atoms with van der Waals surface area (Å²) in [5, 5.41) is 0.183. The van der Waals surface area contributed by atoms with Gasteiger partial charge in [-0.1, -0.05) is 0 Å². The van der Waals surface area contributed by atoms with Crippen molar-refractivity contribution in [3.05, 3.63) is 0 Å². The number of hydrogen-bond acceptors (Lipinski definition) is 1. The van der Waals surface area contributed by atoms with Crippen molar-refractivity contribution in [2.24, 2.45) is 0 Å². The first-order valence-corrected chi connectivity index (χ1v) is 3.15. The van der Waals surface area contributed by atoms with Gasteiger partial charge in [-0.05, 0) is 6.92 Å². The standard InChI is InChI=1S/C3H9ClOSi/c1-3(4)2-5-6/h3H,2H2,1,6H3. The van der Waals surface area contributed by atoms with E-state index in [1.165, 1.54) is 0 Å². The highest BCUT2D eigenvalue weighted by Gasteiger charge is 1.88. The van der Waals surface area contributed by atoms with Crippen LogP contribution in [0.25, 0.3) is 0 Å². The number of halogens is 1. The lowest BCUT2D eigenvalue weighted by atomic mass is 10.5. The Balaban J connectivity index is 2.63. The highest BCUT2D eigenvalue weighted by Crippen LogP contribution is 1.90. The highest BCUT2D eigenvalue weighted by atomic mass is 35.5. The summed E-state index contributed by atoms with van der Waals surface area (Å²) in [5.74, 6) is 0. The Labute approximate surface area is 46.2 Å². The normalized spacial score (nSPS) is 15.0. The zero-order valence-corrected chi connectivity index (χ0v) is 6.83. The Bertz CT molecular complexity index is 32.0. The van der Waals surface area contributed by atoms with Gasteiger partial charge in [0.2, 0.25) is 0 Å². The second kappa shape index (κ2) is 3.65. The monoisotopic (exact) mass is 124 g/mol. The molecule has 0 rings (SSSR count). The fourth-order valence-electron chi connectivity index (χ4n) is 0.230. The average Bonchev–Trinajstić information content (AvgIpc) is 1.35. The van der Waals surface area contributed by atoms with E-state index in [1.807, 2.05) is 6.92 Å². The van der Waals surface area contributed by atoms with Gasteiger partial charge < -0.3 is 4.43 Å². The van der Waals surface area contributed by atoms with Gasteiger partial charge in [0.05, 0.1) is 5.38 Å². The molecule has 1 unspecified atom stereocenters. The Morgan fingerprint density at radius 2 is 2.50 bits per heavy atom. The summed E-state index contributed by atoms with van der Waals surface area (Å²) in [5.41, 5.74) is 0. The summed E-state index contributed by atoms with van der Waals surface area (Å²) in [6.07, 6.45) is 0. The van der Waals surface area contributed by atoms with Crippen molar-refractivity contribution in [3.8, 4) is 0 Å². The molecule has 1 atom stereocenters. The molecule has 0 spiro atoms. The zero-order chi connectivity index (χ0) is 4.99. The topological polar surface area (TPSA) is 9.23 Å². The molecule has 0 saturated heterocycles. The summed E-state index contributed by atoms with van der Waals surface area (Å²) in [4.78, 5) is 0. The van der Waals surface area contributed by atoms with Crippen LogP contribution in [0.2, 0.25) is 0 Å². The molecule has 0 aliphatic rings. The Morgan fingerprint density at radius 1 is 2.00 bits per heavy atom. The molecule has 0 heterocycles. The summed E-state index contributed by atoms with van der Waals surface area (Å²) < 4.78 is 4.81. The van der Waals surface area contributed by atoms with Crippen LogP contribution in [0.15, 0.2) is 0 Å². The van der Waals surface area contributed by atoms with Crippen LogP contribution in [0.5, 0.6) is 0 Å². The average molecular weight is 125 g/mol. The van der Waals surface area contributed by atoms with Gasteiger partial charge in [-0.2, -0.15) is 0 Å². The van der Waals surface area contributed by atoms with E-state index in [-0.39, 0.29) is 5.38 Å². The highest BCUT2D eigenvalue weighted by molar-refractivity contribution is 6.20. The summed E-state index contributed by atoms with van der Waals surface area (Å²) in [6, 6.07) is 0. The van der Waals surface area contributed by atoms with E-state index >= 15 is 0 Å². The van der Waals surface area contributed by atoms with Crippen LogP contribution in [0.1, 0.15) is 6.92 Å². The quantitative estimate of drug-likeness (QED) is 0.370. The molecule has 0 aliphatic carbocycles. The summed E-state index contributed by atoms with van der Waals surface area (Å²) in [7, 11) is 0.802. The Kier molecular flexibility index (Phi) is 3.93. The molecule has 1 nitrogen and oxygen atoms in total. The van der Waals surface area contributed by atoms with Gasteiger partial charge in [0.15, 0.2) is 0 Å². The smallest absolute Gasteiger partial charge is 0.146 e. The molecule has 0 saturated carbocycles. The first-order chi connectivity index (χ1) is 2.77. The maximum atomic E-state index is 5.48. The van der Waals surface area contributed by atoms with Crippen LogP contribution < -0.4 is 0 Å². The molecule has 0 amide bonds. The largest absolute Gasteiger partial charge is 0.426 e. The molecule has 0 bridgehead atoms. The lowest BCUT2D eigenvalue weighted by Crippen LogP contribution is -2.00. The zero-order valence-electron chi connectivity index (χ0n) is 4.07. The molecule has 0 N–H and O–H groups in total. The second-order valence-electron chi connectivity index (χ2n) is 1.24. The molecule has 0 radical (unpaired) electrons. The molecular weight excluding hydrogens is 116 g/mol. The SMILES string of the molecule is CC(Cl)CO[SiH3]. The molecular formula is C3H9ClOSi. The molecule has 0 aromatic carbocycles. The molecule has 0 aliphatic heterocycles. The summed E-state index contributed by atoms with van der Waals surface area (Å²) >= 11 is 5.48. The van der Waals surface area contributed by atoms with E-state index in [9.17, 15) is 0 Å². The fourth-order valence-corrected chi connectivity index (χ4v) is 1.07. The minimum Gasteiger partial charge on any atom is -0.426 e. The van der Waals surface area contributed by atoms with Gasteiger partial charge in [0.25, 0.3) is 0 Å². The van der Waals surface area contributed by atoms with Crippen molar-refractivity contribution in [3.63, 3.8) is 0 Å². The fraction of sp³-hybridized carbons (Fsp3) is 1.00. The van der Waals surface area contributed by atoms with E-state index in [2.05, 4.69) is 0 Å². The lowest BCUT2D eigenvalue weighted by Gasteiger charge is -1.96. The van der Waals surface area contributed by atoms with Crippen LogP contribution in [0.3, 0.4) is 0 Å². The van der Waals surface area contributed by atoms with Gasteiger partial charge in [0, 0.05) is 6.61 Å². The van der Waals surface area contributed by atoms with Crippen LogP contribution in [0, 0.1) is 0 Å². The van der Waals surface area contributed by atoms with Crippen molar-refractivity contribution in [1.29, 1.82) is 0 Å². The van der Waals surface area contributed by atoms with Gasteiger partial charge in [-0.25, -0.2) is 0 Å². The molecule has 0 aromatic rings. The third-order valence-corrected chi connectivity index (χ3v) is 0.856. The van der Waals surface area contributed by atoms with Crippen LogP contribution in [0.4, 0.5) is 0 Å². The molecule has 0 fully saturated rings. The second-order valence-corrected chi connectivity index (χ2v) is 2.56. The van der Waals surface area contributed by atoms with E-state index < -0.39 is 0 Å². The minimum absolute atomic E-state index is 0.183. The maximum absolute atomic E-state index is 5.48. The third kappa shape index (κ3) is 4.47. The Morgan fingerprint density at radius 3 is 2.50 bits per heavy atom. The van der Waals surface area contributed by atoms with Crippen LogP contribution >= 0.6 is 11.6 Å². The lowest BCUT2D eigenvalue weighted by molar-refractivity contribution is 0.352. The van der Waals surface area contributed by atoms with Crippen molar-refractivity contribution in [1.82, 2.24) is 0 Å². The third-order valence-electron chi connectivity index (χ3n) is 0.396. The van der Waals surface area contributed by atoms with Crippen molar-refractivity contribution in [2.75, 3.05) is 6.61 Å². The van der Waals surface area contributed by atoms with Gasteiger partial charge in [-0.15, -0.1) is 11.6 Å². The van der Waals surface area contributed by atoms with E-state index in [4.69, 9.17) is 16.0 Å². The molecule has 6 heavy (non-hydrogen) atoms. The predicted molar refractivity (Wildman–Crippen MR) is 31.2 cm³/mol. The first-order valence-electron chi connectivity index (χ1n) is 1.90. The number of rotatable bonds is 2. The van der Waals surface area contributed by atoms with Crippen LogP contribution in [-0.4, -0.2) is 22.5 Å². The van der Waals surface area contributed by atoms with Crippen molar-refractivity contribution in [2.45, 2.75) is 12.3 Å². The minimum atomic E-state index is 0.183. The van der Waals surface area contributed by atoms with Gasteiger partial charge in [0.1, 0.15) is 10.5 Å². The Hall–Kier alpha value is 0.467.